The van der Waals surface area contributed by atoms with E-state index in [1.54, 1.807) is 7.05 Å². The average molecular weight is 206 g/mol. The molecule has 0 saturated heterocycles. The van der Waals surface area contributed by atoms with Crippen molar-refractivity contribution in [1.82, 2.24) is 5.32 Å². The maximum absolute atomic E-state index is 11.6. The van der Waals surface area contributed by atoms with Gasteiger partial charge in [0.1, 0.15) is 0 Å². The van der Waals surface area contributed by atoms with Crippen LogP contribution in [0.4, 0.5) is 0 Å². The third-order valence-corrected chi connectivity index (χ3v) is 2.61. The molecular formula is C12H18N2O. The molecule has 1 unspecified atom stereocenters. The fourth-order valence-corrected chi connectivity index (χ4v) is 1.68. The number of carbonyl (C=O) groups is 1. The highest BCUT2D eigenvalue weighted by Gasteiger charge is 2.19. The minimum Gasteiger partial charge on any atom is -0.359 e. The van der Waals surface area contributed by atoms with Crippen LogP contribution in [-0.4, -0.2) is 19.5 Å². The number of rotatable bonds is 3. The fourth-order valence-electron chi connectivity index (χ4n) is 1.68. The van der Waals surface area contributed by atoms with Crippen molar-refractivity contribution in [1.29, 1.82) is 0 Å². The molecule has 0 aliphatic heterocycles. The second-order valence-electron chi connectivity index (χ2n) is 3.76. The van der Waals surface area contributed by atoms with E-state index in [0.717, 1.165) is 16.7 Å². The average Bonchev–Trinajstić information content (AvgIpc) is 2.23. The van der Waals surface area contributed by atoms with E-state index in [-0.39, 0.29) is 11.8 Å². The van der Waals surface area contributed by atoms with Crippen molar-refractivity contribution in [3.8, 4) is 0 Å². The molecule has 1 aromatic rings. The zero-order valence-corrected chi connectivity index (χ0v) is 9.50. The van der Waals surface area contributed by atoms with Gasteiger partial charge in [0.15, 0.2) is 0 Å². The molecule has 1 amide bonds. The first kappa shape index (κ1) is 11.7. The van der Waals surface area contributed by atoms with Gasteiger partial charge in [-0.2, -0.15) is 0 Å². The van der Waals surface area contributed by atoms with Crippen molar-refractivity contribution >= 4 is 5.91 Å². The number of amides is 1. The zero-order chi connectivity index (χ0) is 11.4. The van der Waals surface area contributed by atoms with Crippen molar-refractivity contribution in [2.24, 2.45) is 5.73 Å². The molecule has 0 heterocycles. The topological polar surface area (TPSA) is 55.1 Å². The fraction of sp³-hybridized carbons (Fsp3) is 0.417. The molecule has 0 spiro atoms. The molecule has 0 fully saturated rings. The lowest BCUT2D eigenvalue weighted by atomic mass is 9.92. The minimum atomic E-state index is -0.241. The van der Waals surface area contributed by atoms with Gasteiger partial charge < -0.3 is 11.1 Å². The molecule has 0 aliphatic rings. The first-order valence-electron chi connectivity index (χ1n) is 5.09. The summed E-state index contributed by atoms with van der Waals surface area (Å²) in [5, 5.41) is 2.64. The molecule has 3 nitrogen and oxygen atoms in total. The molecule has 0 aliphatic carbocycles. The van der Waals surface area contributed by atoms with E-state index in [9.17, 15) is 4.79 Å². The Bertz CT molecular complexity index is 361. The van der Waals surface area contributed by atoms with Crippen molar-refractivity contribution in [2.45, 2.75) is 19.8 Å². The van der Waals surface area contributed by atoms with Gasteiger partial charge in [0, 0.05) is 13.6 Å². The van der Waals surface area contributed by atoms with E-state index in [2.05, 4.69) is 5.32 Å². The van der Waals surface area contributed by atoms with Crippen LogP contribution in [0.2, 0.25) is 0 Å². The third kappa shape index (κ3) is 2.57. The predicted octanol–water partition coefficient (Wildman–Crippen LogP) is 1.09. The summed E-state index contributed by atoms with van der Waals surface area (Å²) < 4.78 is 0. The summed E-state index contributed by atoms with van der Waals surface area (Å²) in [5.74, 6) is -0.263. The van der Waals surface area contributed by atoms with Crippen LogP contribution in [0.3, 0.4) is 0 Å². The Morgan fingerprint density at radius 3 is 2.67 bits per heavy atom. The number of likely N-dealkylation sites (N-methyl/N-ethyl adjacent to an activating group) is 1. The highest BCUT2D eigenvalue weighted by Crippen LogP contribution is 2.20. The standard InChI is InChI=1S/C12H18N2O/c1-8-4-5-9(2)10(6-8)11(7-13)12(15)14-3/h4-6,11H,7,13H2,1-3H3,(H,14,15). The lowest BCUT2D eigenvalue weighted by Gasteiger charge is -2.16. The van der Waals surface area contributed by atoms with Crippen LogP contribution >= 0.6 is 0 Å². The first-order valence-corrected chi connectivity index (χ1v) is 5.09. The van der Waals surface area contributed by atoms with Crippen LogP contribution in [0.1, 0.15) is 22.6 Å². The highest BCUT2D eigenvalue weighted by atomic mass is 16.1. The van der Waals surface area contributed by atoms with Crippen LogP contribution in [-0.2, 0) is 4.79 Å². The number of carbonyl (C=O) groups excluding carboxylic acids is 1. The van der Waals surface area contributed by atoms with Crippen molar-refractivity contribution < 1.29 is 4.79 Å². The number of nitrogens with one attached hydrogen (secondary N) is 1. The van der Waals surface area contributed by atoms with Crippen molar-refractivity contribution in [2.75, 3.05) is 13.6 Å². The van der Waals surface area contributed by atoms with Gasteiger partial charge in [0.2, 0.25) is 5.91 Å². The maximum atomic E-state index is 11.6. The Kier molecular flexibility index (Phi) is 3.86. The molecule has 1 aromatic carbocycles. The van der Waals surface area contributed by atoms with Gasteiger partial charge in [0.25, 0.3) is 0 Å². The van der Waals surface area contributed by atoms with Gasteiger partial charge in [0.05, 0.1) is 5.92 Å². The summed E-state index contributed by atoms with van der Waals surface area (Å²) in [4.78, 5) is 11.6. The quantitative estimate of drug-likeness (QED) is 0.778. The third-order valence-electron chi connectivity index (χ3n) is 2.61. The number of aryl methyl sites for hydroxylation is 2. The van der Waals surface area contributed by atoms with E-state index >= 15 is 0 Å². The Labute approximate surface area is 90.7 Å². The van der Waals surface area contributed by atoms with Gasteiger partial charge in [-0.3, -0.25) is 4.79 Å². The van der Waals surface area contributed by atoms with E-state index in [1.165, 1.54) is 0 Å². The molecule has 1 atom stereocenters. The van der Waals surface area contributed by atoms with E-state index < -0.39 is 0 Å². The lowest BCUT2D eigenvalue weighted by Crippen LogP contribution is -2.31. The monoisotopic (exact) mass is 206 g/mol. The molecule has 1 rings (SSSR count). The molecular weight excluding hydrogens is 188 g/mol. The van der Waals surface area contributed by atoms with Gasteiger partial charge in [-0.1, -0.05) is 23.8 Å². The number of hydrogen-bond acceptors (Lipinski definition) is 2. The van der Waals surface area contributed by atoms with Gasteiger partial charge >= 0.3 is 0 Å². The van der Waals surface area contributed by atoms with Crippen LogP contribution in [0.25, 0.3) is 0 Å². The number of benzene rings is 1. The van der Waals surface area contributed by atoms with Crippen LogP contribution < -0.4 is 11.1 Å². The summed E-state index contributed by atoms with van der Waals surface area (Å²) in [6.45, 7) is 4.35. The van der Waals surface area contributed by atoms with E-state index in [1.807, 2.05) is 32.0 Å². The molecule has 15 heavy (non-hydrogen) atoms. The molecule has 0 aromatic heterocycles. The van der Waals surface area contributed by atoms with Crippen molar-refractivity contribution in [3.05, 3.63) is 34.9 Å². The maximum Gasteiger partial charge on any atom is 0.228 e. The second-order valence-corrected chi connectivity index (χ2v) is 3.76. The molecule has 0 bridgehead atoms. The van der Waals surface area contributed by atoms with Crippen LogP contribution in [0.15, 0.2) is 18.2 Å². The number of hydrogen-bond donors (Lipinski definition) is 2. The Morgan fingerprint density at radius 2 is 2.13 bits per heavy atom. The first-order chi connectivity index (χ1) is 7.10. The van der Waals surface area contributed by atoms with Gasteiger partial charge in [-0.05, 0) is 25.0 Å². The Balaban J connectivity index is 3.11. The summed E-state index contributed by atoms with van der Waals surface area (Å²) in [6.07, 6.45) is 0. The summed E-state index contributed by atoms with van der Waals surface area (Å²) in [6, 6.07) is 6.09. The van der Waals surface area contributed by atoms with Gasteiger partial charge in [-0.25, -0.2) is 0 Å². The zero-order valence-electron chi connectivity index (χ0n) is 9.50. The molecule has 0 saturated carbocycles. The Morgan fingerprint density at radius 1 is 1.47 bits per heavy atom. The summed E-state index contributed by atoms with van der Waals surface area (Å²) >= 11 is 0. The Hall–Kier alpha value is -1.35. The van der Waals surface area contributed by atoms with Crippen molar-refractivity contribution in [3.63, 3.8) is 0 Å². The van der Waals surface area contributed by atoms with E-state index in [0.29, 0.717) is 6.54 Å². The lowest BCUT2D eigenvalue weighted by molar-refractivity contribution is -0.121. The second kappa shape index (κ2) is 4.94. The summed E-state index contributed by atoms with van der Waals surface area (Å²) in [7, 11) is 1.64. The molecule has 3 heteroatoms. The highest BCUT2D eigenvalue weighted by molar-refractivity contribution is 5.84. The normalized spacial score (nSPS) is 12.3. The van der Waals surface area contributed by atoms with Crippen LogP contribution in [0, 0.1) is 13.8 Å². The van der Waals surface area contributed by atoms with Crippen LogP contribution in [0.5, 0.6) is 0 Å². The predicted molar refractivity (Wildman–Crippen MR) is 61.8 cm³/mol. The largest absolute Gasteiger partial charge is 0.359 e. The summed E-state index contributed by atoms with van der Waals surface area (Å²) in [5.41, 5.74) is 8.93. The van der Waals surface area contributed by atoms with Gasteiger partial charge in [-0.15, -0.1) is 0 Å². The number of nitrogens with two attached hydrogens (primary N) is 1. The smallest absolute Gasteiger partial charge is 0.228 e. The molecule has 3 N–H and O–H groups in total. The molecule has 0 radical (unpaired) electrons. The minimum absolute atomic E-state index is 0.0220. The molecule has 82 valence electrons. The SMILES string of the molecule is CNC(=O)C(CN)c1cc(C)ccc1C. The van der Waals surface area contributed by atoms with E-state index in [4.69, 9.17) is 5.73 Å².